The third-order valence-electron chi connectivity index (χ3n) is 4.99. The van der Waals surface area contributed by atoms with Gasteiger partial charge in [0.15, 0.2) is 17.3 Å². The Morgan fingerprint density at radius 2 is 1.91 bits per heavy atom. The number of para-hydroxylation sites is 1. The Labute approximate surface area is 194 Å². The molecule has 162 valence electrons. The van der Waals surface area contributed by atoms with Gasteiger partial charge in [-0.1, -0.05) is 42.1 Å². The van der Waals surface area contributed by atoms with Gasteiger partial charge in [-0.25, -0.2) is 9.97 Å². The second-order valence-electron chi connectivity index (χ2n) is 7.21. The summed E-state index contributed by atoms with van der Waals surface area (Å²) in [5.74, 6) is 2.52. The number of thiophene rings is 1. The minimum absolute atomic E-state index is 0.0205. The van der Waals surface area contributed by atoms with Crippen molar-refractivity contribution in [1.82, 2.24) is 15.3 Å². The molecule has 0 bridgehead atoms. The fourth-order valence-electron chi connectivity index (χ4n) is 3.45. The highest BCUT2D eigenvalue weighted by atomic mass is 32.2. The van der Waals surface area contributed by atoms with E-state index in [1.807, 2.05) is 60.0 Å². The number of thioether (sulfide) groups is 1. The molecule has 5 rings (SSSR count). The van der Waals surface area contributed by atoms with Crippen LogP contribution in [-0.4, -0.2) is 41.4 Å². The number of rotatable bonds is 7. The lowest BCUT2D eigenvalue weighted by Crippen LogP contribution is -2.27. The highest BCUT2D eigenvalue weighted by molar-refractivity contribution is 8.00. The molecule has 8 heteroatoms. The van der Waals surface area contributed by atoms with E-state index in [0.29, 0.717) is 31.3 Å². The van der Waals surface area contributed by atoms with E-state index in [4.69, 9.17) is 14.5 Å². The molecule has 0 aliphatic carbocycles. The van der Waals surface area contributed by atoms with Gasteiger partial charge in [-0.3, -0.25) is 4.79 Å². The number of ether oxygens (including phenoxy) is 2. The molecule has 1 N–H and O–H groups in total. The number of nitrogens with one attached hydrogen (secondary N) is 1. The van der Waals surface area contributed by atoms with Crippen LogP contribution in [0.4, 0.5) is 0 Å². The first-order valence-corrected chi connectivity index (χ1v) is 12.2. The lowest BCUT2D eigenvalue weighted by atomic mass is 10.1. The van der Waals surface area contributed by atoms with Gasteiger partial charge in [0.2, 0.25) is 5.91 Å². The summed E-state index contributed by atoms with van der Waals surface area (Å²) < 4.78 is 11.2. The van der Waals surface area contributed by atoms with Crippen LogP contribution >= 0.6 is 23.1 Å². The molecular formula is C24H21N3O3S2. The van der Waals surface area contributed by atoms with Crippen molar-refractivity contribution < 1.29 is 14.3 Å². The lowest BCUT2D eigenvalue weighted by Gasteiger charge is -2.18. The van der Waals surface area contributed by atoms with Crippen LogP contribution in [0.25, 0.3) is 21.6 Å². The summed E-state index contributed by atoms with van der Waals surface area (Å²) >= 11 is 3.04. The molecule has 4 aromatic rings. The average molecular weight is 464 g/mol. The Hall–Kier alpha value is -3.10. The number of hydrogen-bond acceptors (Lipinski definition) is 7. The van der Waals surface area contributed by atoms with Gasteiger partial charge in [0, 0.05) is 11.9 Å². The average Bonchev–Trinajstić information content (AvgIpc) is 3.37. The molecule has 0 atom stereocenters. The van der Waals surface area contributed by atoms with Gasteiger partial charge in [0.1, 0.15) is 18.2 Å². The largest absolute Gasteiger partial charge is 0.486 e. The molecular weight excluding hydrogens is 442 g/mol. The number of fused-ring (bicyclic) bond motifs is 2. The van der Waals surface area contributed by atoms with Gasteiger partial charge in [-0.05, 0) is 41.6 Å². The van der Waals surface area contributed by atoms with Crippen molar-refractivity contribution in [2.45, 2.75) is 11.4 Å². The Kier molecular flexibility index (Phi) is 6.22. The fraction of sp³-hybridized carbons (Fsp3) is 0.208. The molecule has 1 aliphatic heterocycles. The van der Waals surface area contributed by atoms with E-state index in [-0.39, 0.29) is 5.91 Å². The van der Waals surface area contributed by atoms with Gasteiger partial charge < -0.3 is 14.8 Å². The number of nitrogens with zero attached hydrogens (tertiary/aromatic N) is 2. The topological polar surface area (TPSA) is 73.3 Å². The molecule has 2 aromatic heterocycles. The Morgan fingerprint density at radius 3 is 2.78 bits per heavy atom. The number of carbonyl (C=O) groups is 1. The molecule has 0 unspecified atom stereocenters. The van der Waals surface area contributed by atoms with Crippen LogP contribution < -0.4 is 14.8 Å². The Bertz CT molecular complexity index is 1240. The molecule has 0 radical (unpaired) electrons. The molecule has 32 heavy (non-hydrogen) atoms. The molecule has 1 aliphatic rings. The number of hydrogen-bond donors (Lipinski definition) is 1. The molecule has 2 aromatic carbocycles. The van der Waals surface area contributed by atoms with Crippen LogP contribution in [0.1, 0.15) is 5.56 Å². The molecule has 0 saturated heterocycles. The quantitative estimate of drug-likeness (QED) is 0.319. The number of aromatic nitrogens is 2. The molecule has 0 saturated carbocycles. The van der Waals surface area contributed by atoms with Gasteiger partial charge >= 0.3 is 0 Å². The Balaban J connectivity index is 1.20. The van der Waals surface area contributed by atoms with E-state index in [0.717, 1.165) is 44.3 Å². The summed E-state index contributed by atoms with van der Waals surface area (Å²) in [6.07, 6.45) is 0.728. The molecule has 0 fully saturated rings. The van der Waals surface area contributed by atoms with Crippen LogP contribution in [0.15, 0.2) is 65.0 Å². The lowest BCUT2D eigenvalue weighted by molar-refractivity contribution is -0.118. The SMILES string of the molecule is O=C(CSc1nc(-c2cccs2)nc2ccccc12)NCCc1ccc2c(c1)OCCO2. The summed E-state index contributed by atoms with van der Waals surface area (Å²) in [7, 11) is 0. The maximum Gasteiger partial charge on any atom is 0.230 e. The minimum Gasteiger partial charge on any atom is -0.486 e. The predicted molar refractivity (Wildman–Crippen MR) is 128 cm³/mol. The standard InChI is InChI=1S/C24H21N3O3S2/c28-22(25-10-9-16-7-8-19-20(14-16)30-12-11-29-19)15-32-24-17-4-1-2-5-18(17)26-23(27-24)21-6-3-13-31-21/h1-8,13-14H,9-12,15H2,(H,25,28). The van der Waals surface area contributed by atoms with E-state index in [1.165, 1.54) is 11.8 Å². The van der Waals surface area contributed by atoms with Crippen molar-refractivity contribution in [3.8, 4) is 22.2 Å². The van der Waals surface area contributed by atoms with Crippen molar-refractivity contribution in [2.75, 3.05) is 25.5 Å². The van der Waals surface area contributed by atoms with Crippen LogP contribution in [0.2, 0.25) is 0 Å². The highest BCUT2D eigenvalue weighted by Crippen LogP contribution is 2.31. The second-order valence-corrected chi connectivity index (χ2v) is 9.13. The summed E-state index contributed by atoms with van der Waals surface area (Å²) in [5, 5.41) is 6.79. The first-order chi connectivity index (χ1) is 15.8. The van der Waals surface area contributed by atoms with Crippen molar-refractivity contribution in [1.29, 1.82) is 0 Å². The van der Waals surface area contributed by atoms with Crippen molar-refractivity contribution >= 4 is 39.9 Å². The van der Waals surface area contributed by atoms with E-state index in [1.54, 1.807) is 11.3 Å². The van der Waals surface area contributed by atoms with Gasteiger partial charge in [0.25, 0.3) is 0 Å². The van der Waals surface area contributed by atoms with E-state index in [2.05, 4.69) is 10.3 Å². The van der Waals surface area contributed by atoms with Crippen LogP contribution in [0, 0.1) is 0 Å². The van der Waals surface area contributed by atoms with Gasteiger partial charge in [-0.2, -0.15) is 0 Å². The van der Waals surface area contributed by atoms with Crippen molar-refractivity contribution in [3.05, 3.63) is 65.5 Å². The molecule has 6 nitrogen and oxygen atoms in total. The van der Waals surface area contributed by atoms with Gasteiger partial charge in [-0.15, -0.1) is 11.3 Å². The first kappa shape index (κ1) is 20.8. The van der Waals surface area contributed by atoms with Gasteiger partial charge in [0.05, 0.1) is 16.1 Å². The smallest absolute Gasteiger partial charge is 0.230 e. The maximum atomic E-state index is 12.5. The predicted octanol–water partition coefficient (Wildman–Crippen LogP) is 4.58. The fourth-order valence-corrected chi connectivity index (χ4v) is 4.95. The summed E-state index contributed by atoms with van der Waals surface area (Å²) in [5.41, 5.74) is 1.98. The second kappa shape index (κ2) is 9.58. The maximum absolute atomic E-state index is 12.5. The van der Waals surface area contributed by atoms with E-state index in [9.17, 15) is 4.79 Å². The summed E-state index contributed by atoms with van der Waals surface area (Å²) in [4.78, 5) is 22.9. The van der Waals surface area contributed by atoms with Crippen molar-refractivity contribution in [3.63, 3.8) is 0 Å². The van der Waals surface area contributed by atoms with Crippen LogP contribution in [-0.2, 0) is 11.2 Å². The third-order valence-corrected chi connectivity index (χ3v) is 6.85. The first-order valence-electron chi connectivity index (χ1n) is 10.3. The highest BCUT2D eigenvalue weighted by Gasteiger charge is 2.13. The monoisotopic (exact) mass is 463 g/mol. The zero-order chi connectivity index (χ0) is 21.8. The molecule has 3 heterocycles. The van der Waals surface area contributed by atoms with E-state index < -0.39 is 0 Å². The summed E-state index contributed by atoms with van der Waals surface area (Å²) in [6.45, 7) is 1.71. The van der Waals surface area contributed by atoms with Crippen LogP contribution in [0.3, 0.4) is 0 Å². The number of carbonyl (C=O) groups excluding carboxylic acids is 1. The zero-order valence-electron chi connectivity index (χ0n) is 17.2. The number of amides is 1. The summed E-state index contributed by atoms with van der Waals surface area (Å²) in [6, 6.07) is 17.8. The number of benzene rings is 2. The zero-order valence-corrected chi connectivity index (χ0v) is 18.9. The third kappa shape index (κ3) is 4.71. The van der Waals surface area contributed by atoms with E-state index >= 15 is 0 Å². The minimum atomic E-state index is -0.0205. The molecule has 1 amide bonds. The van der Waals surface area contributed by atoms with Crippen molar-refractivity contribution in [2.24, 2.45) is 0 Å². The normalized spacial score (nSPS) is 12.6. The Morgan fingerprint density at radius 1 is 1.03 bits per heavy atom. The van der Waals surface area contributed by atoms with Crippen LogP contribution in [0.5, 0.6) is 11.5 Å². The molecule has 0 spiro atoms.